The van der Waals surface area contributed by atoms with Crippen LogP contribution in [0.1, 0.15) is 15.9 Å². The molecule has 1 aromatic carbocycles. The average molecular weight is 277 g/mol. The minimum Gasteiger partial charge on any atom is -0.478 e. The first kappa shape index (κ1) is 12.9. The molecule has 3 aromatic rings. The van der Waals surface area contributed by atoms with Crippen LogP contribution >= 0.6 is 0 Å². The Balaban J connectivity index is 2.32. The van der Waals surface area contributed by atoms with E-state index in [1.165, 1.54) is 6.07 Å². The molecule has 0 fully saturated rings. The fourth-order valence-corrected chi connectivity index (χ4v) is 2.11. The van der Waals surface area contributed by atoms with Crippen molar-refractivity contribution in [1.82, 2.24) is 15.0 Å². The maximum Gasteiger partial charge on any atom is 0.336 e. The number of rotatable bonds is 3. The smallest absolute Gasteiger partial charge is 0.336 e. The molecule has 102 valence electrons. The van der Waals surface area contributed by atoms with Gasteiger partial charge in [0.2, 0.25) is 0 Å². The van der Waals surface area contributed by atoms with Crippen LogP contribution in [0.4, 0.5) is 0 Å². The molecule has 0 amide bonds. The molecule has 0 aliphatic rings. The first-order chi connectivity index (χ1) is 10.2. The van der Waals surface area contributed by atoms with Crippen molar-refractivity contribution in [2.75, 3.05) is 0 Å². The largest absolute Gasteiger partial charge is 0.478 e. The molecule has 0 atom stereocenters. The molecular weight excluding hydrogens is 266 g/mol. The molecule has 0 aliphatic carbocycles. The maximum atomic E-state index is 11.5. The fourth-order valence-electron chi connectivity index (χ4n) is 2.11. The molecule has 0 unspecified atom stereocenters. The van der Waals surface area contributed by atoms with Gasteiger partial charge in [0.25, 0.3) is 0 Å². The quantitative estimate of drug-likeness (QED) is 0.796. The number of pyridine rings is 1. The molecule has 0 saturated heterocycles. The molecule has 21 heavy (non-hydrogen) atoms. The lowest BCUT2D eigenvalue weighted by molar-refractivity contribution is 0.0699. The third kappa shape index (κ3) is 2.36. The molecule has 0 saturated carbocycles. The van der Waals surface area contributed by atoms with Gasteiger partial charge in [0.05, 0.1) is 23.0 Å². The molecule has 5 heteroatoms. The van der Waals surface area contributed by atoms with E-state index in [4.69, 9.17) is 0 Å². The summed E-state index contributed by atoms with van der Waals surface area (Å²) in [6.07, 6.45) is 6.34. The Labute approximate surface area is 120 Å². The summed E-state index contributed by atoms with van der Waals surface area (Å²) >= 11 is 0. The molecule has 3 rings (SSSR count). The van der Waals surface area contributed by atoms with Crippen LogP contribution in [0, 0.1) is 0 Å². The van der Waals surface area contributed by atoms with Crippen molar-refractivity contribution >= 4 is 22.9 Å². The highest BCUT2D eigenvalue weighted by Gasteiger charge is 2.13. The summed E-state index contributed by atoms with van der Waals surface area (Å²) in [6, 6.07) is 6.87. The lowest BCUT2D eigenvalue weighted by Crippen LogP contribution is -2.01. The molecule has 2 heterocycles. The standard InChI is InChI=1S/C16H11N3O2/c1-2-10-3-4-11-12(16(20)21)8-14(19-13(11)7-10)15-9-17-5-6-18-15/h2-9H,1H2,(H,20,21). The highest BCUT2D eigenvalue weighted by Crippen LogP contribution is 2.24. The first-order valence-electron chi connectivity index (χ1n) is 6.26. The molecule has 1 N–H and O–H groups in total. The minimum absolute atomic E-state index is 0.191. The summed E-state index contributed by atoms with van der Waals surface area (Å²) in [7, 11) is 0. The zero-order chi connectivity index (χ0) is 14.8. The second-order valence-corrected chi connectivity index (χ2v) is 4.43. The molecule has 0 radical (unpaired) electrons. The molecule has 0 aliphatic heterocycles. The van der Waals surface area contributed by atoms with Crippen LogP contribution in [0.25, 0.3) is 28.4 Å². The van der Waals surface area contributed by atoms with Crippen molar-refractivity contribution in [3.63, 3.8) is 0 Å². The topological polar surface area (TPSA) is 76.0 Å². The highest BCUT2D eigenvalue weighted by molar-refractivity contribution is 6.04. The number of hydrogen-bond acceptors (Lipinski definition) is 4. The normalized spacial score (nSPS) is 10.5. The van der Waals surface area contributed by atoms with E-state index < -0.39 is 5.97 Å². The van der Waals surface area contributed by atoms with Crippen molar-refractivity contribution in [3.8, 4) is 11.4 Å². The number of aromatic carboxylic acids is 1. The molecular formula is C16H11N3O2. The van der Waals surface area contributed by atoms with Gasteiger partial charge in [0.15, 0.2) is 0 Å². The van der Waals surface area contributed by atoms with Crippen LogP contribution < -0.4 is 0 Å². The third-order valence-corrected chi connectivity index (χ3v) is 3.13. The van der Waals surface area contributed by atoms with Gasteiger partial charge < -0.3 is 5.11 Å². The Hall–Kier alpha value is -3.08. The predicted molar refractivity (Wildman–Crippen MR) is 79.8 cm³/mol. The van der Waals surface area contributed by atoms with Gasteiger partial charge in [0, 0.05) is 17.8 Å². The van der Waals surface area contributed by atoms with Gasteiger partial charge in [-0.05, 0) is 17.7 Å². The third-order valence-electron chi connectivity index (χ3n) is 3.13. The Kier molecular flexibility index (Phi) is 3.16. The Morgan fingerprint density at radius 3 is 2.71 bits per heavy atom. The average Bonchev–Trinajstić information content (AvgIpc) is 2.53. The van der Waals surface area contributed by atoms with Gasteiger partial charge >= 0.3 is 5.97 Å². The van der Waals surface area contributed by atoms with E-state index in [2.05, 4.69) is 21.5 Å². The summed E-state index contributed by atoms with van der Waals surface area (Å²) in [5, 5.41) is 9.98. The zero-order valence-electron chi connectivity index (χ0n) is 11.0. The number of hydrogen-bond donors (Lipinski definition) is 1. The lowest BCUT2D eigenvalue weighted by atomic mass is 10.0. The van der Waals surface area contributed by atoms with Gasteiger partial charge in [-0.15, -0.1) is 0 Å². The predicted octanol–water partition coefficient (Wildman–Crippen LogP) is 3.03. The van der Waals surface area contributed by atoms with Crippen molar-refractivity contribution in [3.05, 3.63) is 60.6 Å². The van der Waals surface area contributed by atoms with E-state index in [-0.39, 0.29) is 5.56 Å². The van der Waals surface area contributed by atoms with E-state index in [0.717, 1.165) is 5.56 Å². The van der Waals surface area contributed by atoms with Crippen molar-refractivity contribution in [2.45, 2.75) is 0 Å². The number of benzene rings is 1. The highest BCUT2D eigenvalue weighted by atomic mass is 16.4. The van der Waals surface area contributed by atoms with Gasteiger partial charge in [-0.1, -0.05) is 24.8 Å². The van der Waals surface area contributed by atoms with E-state index in [9.17, 15) is 9.90 Å². The zero-order valence-corrected chi connectivity index (χ0v) is 11.0. The fraction of sp³-hybridized carbons (Fsp3) is 0. The second kappa shape index (κ2) is 5.13. The van der Waals surface area contributed by atoms with Crippen LogP contribution in [0.2, 0.25) is 0 Å². The van der Waals surface area contributed by atoms with Gasteiger partial charge in [-0.25, -0.2) is 9.78 Å². The number of nitrogens with zero attached hydrogens (tertiary/aromatic N) is 3. The van der Waals surface area contributed by atoms with Crippen molar-refractivity contribution < 1.29 is 9.90 Å². The van der Waals surface area contributed by atoms with Crippen LogP contribution in [0.5, 0.6) is 0 Å². The molecule has 0 bridgehead atoms. The van der Waals surface area contributed by atoms with Crippen LogP contribution in [0.15, 0.2) is 49.4 Å². The monoisotopic (exact) mass is 277 g/mol. The van der Waals surface area contributed by atoms with E-state index >= 15 is 0 Å². The van der Waals surface area contributed by atoms with Crippen molar-refractivity contribution in [1.29, 1.82) is 0 Å². The maximum absolute atomic E-state index is 11.5. The first-order valence-corrected chi connectivity index (χ1v) is 6.26. The molecule has 0 spiro atoms. The van der Waals surface area contributed by atoms with E-state index in [1.807, 2.05) is 6.07 Å². The Morgan fingerprint density at radius 2 is 2.05 bits per heavy atom. The molecule has 5 nitrogen and oxygen atoms in total. The Morgan fingerprint density at radius 1 is 1.19 bits per heavy atom. The van der Waals surface area contributed by atoms with E-state index in [1.54, 1.807) is 36.8 Å². The number of carboxylic acids is 1. The van der Waals surface area contributed by atoms with Gasteiger partial charge in [-0.2, -0.15) is 0 Å². The summed E-state index contributed by atoms with van der Waals surface area (Å²) in [5.74, 6) is -1.00. The van der Waals surface area contributed by atoms with Crippen LogP contribution in [0.3, 0.4) is 0 Å². The summed E-state index contributed by atoms with van der Waals surface area (Å²) in [5.41, 5.74) is 2.67. The Bertz CT molecular complexity index is 845. The van der Waals surface area contributed by atoms with Gasteiger partial charge in [-0.3, -0.25) is 9.97 Å². The second-order valence-electron chi connectivity index (χ2n) is 4.43. The summed E-state index contributed by atoms with van der Waals surface area (Å²) in [4.78, 5) is 24.1. The van der Waals surface area contributed by atoms with Gasteiger partial charge in [0.1, 0.15) is 5.69 Å². The van der Waals surface area contributed by atoms with Crippen LogP contribution in [-0.4, -0.2) is 26.0 Å². The number of fused-ring (bicyclic) bond motifs is 1. The summed E-state index contributed by atoms with van der Waals surface area (Å²) < 4.78 is 0. The lowest BCUT2D eigenvalue weighted by Gasteiger charge is -2.07. The van der Waals surface area contributed by atoms with E-state index in [0.29, 0.717) is 22.3 Å². The van der Waals surface area contributed by atoms with Crippen molar-refractivity contribution in [2.24, 2.45) is 0 Å². The SMILES string of the molecule is C=Cc1ccc2c(C(=O)O)cc(-c3cnccn3)nc2c1. The summed E-state index contributed by atoms with van der Waals surface area (Å²) in [6.45, 7) is 3.71. The molecule has 2 aromatic heterocycles. The number of carbonyl (C=O) groups is 1. The number of aromatic nitrogens is 3. The van der Waals surface area contributed by atoms with Crippen LogP contribution in [-0.2, 0) is 0 Å². The minimum atomic E-state index is -1.00. The number of carboxylic acid groups (broad SMARTS) is 1.